The third-order valence-electron chi connectivity index (χ3n) is 4.60. The fourth-order valence-electron chi connectivity index (χ4n) is 3.14. The Morgan fingerprint density at radius 3 is 2.93 bits per heavy atom. The highest BCUT2D eigenvalue weighted by molar-refractivity contribution is 7.14. The van der Waals surface area contributed by atoms with Crippen molar-refractivity contribution in [3.63, 3.8) is 0 Å². The molecule has 7 heteroatoms. The zero-order chi connectivity index (χ0) is 19.0. The van der Waals surface area contributed by atoms with E-state index in [2.05, 4.69) is 10.3 Å². The number of carbonyl (C=O) groups excluding carboxylic acids is 1. The molecule has 0 bridgehead atoms. The maximum Gasteiger partial charge on any atom is 0.229 e. The molecule has 2 atom stereocenters. The van der Waals surface area contributed by atoms with Gasteiger partial charge in [0.05, 0.1) is 12.8 Å². The Hall–Kier alpha value is -2.44. The smallest absolute Gasteiger partial charge is 0.229 e. The first-order valence-electron chi connectivity index (χ1n) is 8.41. The van der Waals surface area contributed by atoms with E-state index in [1.165, 1.54) is 30.6 Å². The molecule has 1 amide bonds. The number of nitrogens with one attached hydrogen (secondary N) is 1. The van der Waals surface area contributed by atoms with Gasteiger partial charge in [-0.3, -0.25) is 4.79 Å². The standard InChI is InChI=1S/C20H16ClFN2O2S/c1-26-18-7-6-11(22)8-15(18)17-10-27-20(23-17)24-19(25)14-9-13(14)12-4-2-3-5-16(12)21/h2-8,10,13-14H,9H2,1H3,(H,23,24,25). The van der Waals surface area contributed by atoms with Crippen LogP contribution in [-0.2, 0) is 4.79 Å². The van der Waals surface area contributed by atoms with Gasteiger partial charge in [-0.25, -0.2) is 9.37 Å². The molecule has 138 valence electrons. The van der Waals surface area contributed by atoms with Gasteiger partial charge in [0.25, 0.3) is 0 Å². The van der Waals surface area contributed by atoms with Gasteiger partial charge >= 0.3 is 0 Å². The molecule has 1 aromatic heterocycles. The highest BCUT2D eigenvalue weighted by Gasteiger charge is 2.45. The molecule has 1 saturated carbocycles. The molecule has 1 aliphatic rings. The quantitative estimate of drug-likeness (QED) is 0.625. The number of methoxy groups -OCH3 is 1. The second kappa shape index (κ2) is 7.29. The fourth-order valence-corrected chi connectivity index (χ4v) is 4.13. The van der Waals surface area contributed by atoms with Gasteiger partial charge in [0, 0.05) is 21.9 Å². The Balaban J connectivity index is 1.47. The summed E-state index contributed by atoms with van der Waals surface area (Å²) < 4.78 is 18.8. The Labute approximate surface area is 165 Å². The predicted octanol–water partition coefficient (Wildman–Crippen LogP) is 5.35. The molecule has 0 aliphatic heterocycles. The SMILES string of the molecule is COc1ccc(F)cc1-c1csc(NC(=O)C2CC2c2ccccc2Cl)n1. The van der Waals surface area contributed by atoms with Crippen LogP contribution in [0.4, 0.5) is 9.52 Å². The predicted molar refractivity (Wildman–Crippen MR) is 105 cm³/mol. The van der Waals surface area contributed by atoms with Gasteiger partial charge in [-0.2, -0.15) is 0 Å². The molecule has 0 saturated heterocycles. The highest BCUT2D eigenvalue weighted by Crippen LogP contribution is 2.50. The van der Waals surface area contributed by atoms with Gasteiger partial charge in [0.15, 0.2) is 5.13 Å². The third kappa shape index (κ3) is 3.68. The van der Waals surface area contributed by atoms with E-state index >= 15 is 0 Å². The summed E-state index contributed by atoms with van der Waals surface area (Å²) in [6.07, 6.45) is 0.769. The summed E-state index contributed by atoms with van der Waals surface area (Å²) in [5.74, 6) is 0.111. The van der Waals surface area contributed by atoms with Crippen molar-refractivity contribution in [1.82, 2.24) is 4.98 Å². The normalized spacial score (nSPS) is 18.2. The lowest BCUT2D eigenvalue weighted by molar-refractivity contribution is -0.117. The zero-order valence-electron chi connectivity index (χ0n) is 14.4. The van der Waals surface area contributed by atoms with Crippen LogP contribution < -0.4 is 10.1 Å². The van der Waals surface area contributed by atoms with Crippen molar-refractivity contribution in [2.75, 3.05) is 12.4 Å². The number of carbonyl (C=O) groups is 1. The van der Waals surface area contributed by atoms with Gasteiger partial charge in [-0.1, -0.05) is 29.8 Å². The average Bonchev–Trinajstić information content (AvgIpc) is 3.33. The summed E-state index contributed by atoms with van der Waals surface area (Å²) >= 11 is 7.51. The lowest BCUT2D eigenvalue weighted by Gasteiger charge is -2.06. The monoisotopic (exact) mass is 402 g/mol. The Kier molecular flexibility index (Phi) is 4.85. The molecule has 4 nitrogen and oxygen atoms in total. The minimum absolute atomic E-state index is 0.0768. The lowest BCUT2D eigenvalue weighted by Crippen LogP contribution is -2.14. The number of anilines is 1. The summed E-state index contributed by atoms with van der Waals surface area (Å²) in [5.41, 5.74) is 2.11. The Bertz CT molecular complexity index is 1010. The molecule has 1 heterocycles. The largest absolute Gasteiger partial charge is 0.496 e. The number of halogens is 2. The molecule has 4 rings (SSSR count). The van der Waals surface area contributed by atoms with E-state index in [9.17, 15) is 9.18 Å². The number of hydrogen-bond donors (Lipinski definition) is 1. The number of hydrogen-bond acceptors (Lipinski definition) is 4. The summed E-state index contributed by atoms with van der Waals surface area (Å²) in [5, 5.41) is 5.79. The summed E-state index contributed by atoms with van der Waals surface area (Å²) in [6.45, 7) is 0. The van der Waals surface area contributed by atoms with Crippen LogP contribution in [0.2, 0.25) is 5.02 Å². The number of ether oxygens (including phenoxy) is 1. The minimum atomic E-state index is -0.370. The molecule has 2 aromatic carbocycles. The van der Waals surface area contributed by atoms with Crippen LogP contribution in [0.15, 0.2) is 47.8 Å². The minimum Gasteiger partial charge on any atom is -0.496 e. The molecule has 3 aromatic rings. The first-order chi connectivity index (χ1) is 13.1. The topological polar surface area (TPSA) is 51.2 Å². The van der Waals surface area contributed by atoms with Crippen LogP contribution in [0.5, 0.6) is 5.75 Å². The van der Waals surface area contributed by atoms with Crippen molar-refractivity contribution < 1.29 is 13.9 Å². The first kappa shape index (κ1) is 17.9. The molecule has 1 fully saturated rings. The number of aromatic nitrogens is 1. The van der Waals surface area contributed by atoms with Crippen molar-refractivity contribution in [2.24, 2.45) is 5.92 Å². The number of nitrogens with zero attached hydrogens (tertiary/aromatic N) is 1. The molecule has 27 heavy (non-hydrogen) atoms. The van der Waals surface area contributed by atoms with Gasteiger partial charge in [-0.05, 0) is 42.2 Å². The number of rotatable bonds is 5. The average molecular weight is 403 g/mol. The van der Waals surface area contributed by atoms with Crippen LogP contribution in [-0.4, -0.2) is 18.0 Å². The number of amides is 1. The van der Waals surface area contributed by atoms with E-state index in [0.29, 0.717) is 27.2 Å². The van der Waals surface area contributed by atoms with Crippen molar-refractivity contribution >= 4 is 34.0 Å². The maximum absolute atomic E-state index is 13.6. The van der Waals surface area contributed by atoms with Gasteiger partial charge in [-0.15, -0.1) is 11.3 Å². The molecule has 1 aliphatic carbocycles. The van der Waals surface area contributed by atoms with Crippen LogP contribution >= 0.6 is 22.9 Å². The van der Waals surface area contributed by atoms with Crippen molar-refractivity contribution in [1.29, 1.82) is 0 Å². The molecule has 0 spiro atoms. The lowest BCUT2D eigenvalue weighted by atomic mass is 10.1. The summed E-state index contributed by atoms with van der Waals surface area (Å²) in [6, 6.07) is 11.9. The number of benzene rings is 2. The van der Waals surface area contributed by atoms with E-state index in [1.807, 2.05) is 24.3 Å². The fraction of sp³-hybridized carbons (Fsp3) is 0.200. The van der Waals surface area contributed by atoms with Gasteiger partial charge in [0.2, 0.25) is 5.91 Å². The second-order valence-electron chi connectivity index (χ2n) is 6.34. The van der Waals surface area contributed by atoms with Crippen molar-refractivity contribution in [3.8, 4) is 17.0 Å². The second-order valence-corrected chi connectivity index (χ2v) is 7.61. The van der Waals surface area contributed by atoms with E-state index in [1.54, 1.807) is 11.4 Å². The summed E-state index contributed by atoms with van der Waals surface area (Å²) in [7, 11) is 1.52. The number of thiazole rings is 1. The van der Waals surface area contributed by atoms with Crippen LogP contribution in [0.25, 0.3) is 11.3 Å². The maximum atomic E-state index is 13.6. The van der Waals surface area contributed by atoms with Gasteiger partial charge < -0.3 is 10.1 Å². The Morgan fingerprint density at radius 2 is 2.15 bits per heavy atom. The van der Waals surface area contributed by atoms with Crippen LogP contribution in [0.3, 0.4) is 0 Å². The van der Waals surface area contributed by atoms with Gasteiger partial charge in [0.1, 0.15) is 11.6 Å². The van der Waals surface area contributed by atoms with E-state index < -0.39 is 0 Å². The molecule has 0 radical (unpaired) electrons. The molecular weight excluding hydrogens is 387 g/mol. The molecule has 1 N–H and O–H groups in total. The Morgan fingerprint density at radius 1 is 1.33 bits per heavy atom. The van der Waals surface area contributed by atoms with Crippen molar-refractivity contribution in [2.45, 2.75) is 12.3 Å². The van der Waals surface area contributed by atoms with Crippen molar-refractivity contribution in [3.05, 3.63) is 64.2 Å². The summed E-state index contributed by atoms with van der Waals surface area (Å²) in [4.78, 5) is 16.9. The third-order valence-corrected chi connectivity index (χ3v) is 5.71. The first-order valence-corrected chi connectivity index (χ1v) is 9.67. The molecule has 2 unspecified atom stereocenters. The van der Waals surface area contributed by atoms with E-state index in [0.717, 1.165) is 12.0 Å². The van der Waals surface area contributed by atoms with E-state index in [4.69, 9.17) is 16.3 Å². The zero-order valence-corrected chi connectivity index (χ0v) is 16.0. The molecular formula is C20H16ClFN2O2S. The van der Waals surface area contributed by atoms with Crippen LogP contribution in [0, 0.1) is 11.7 Å². The highest BCUT2D eigenvalue weighted by atomic mass is 35.5. The van der Waals surface area contributed by atoms with E-state index in [-0.39, 0.29) is 23.6 Å². The van der Waals surface area contributed by atoms with Crippen LogP contribution in [0.1, 0.15) is 17.9 Å².